The Morgan fingerprint density at radius 2 is 1.79 bits per heavy atom. The van der Waals surface area contributed by atoms with E-state index in [9.17, 15) is 0 Å². The van der Waals surface area contributed by atoms with Gasteiger partial charge in [0, 0.05) is 46.9 Å². The summed E-state index contributed by atoms with van der Waals surface area (Å²) in [5, 5.41) is 15.0. The molecule has 3 aromatic rings. The normalized spacial score (nSPS) is 23.1. The molecule has 5 heterocycles. The van der Waals surface area contributed by atoms with Crippen LogP contribution in [0.1, 0.15) is 49.4 Å². The van der Waals surface area contributed by atoms with Gasteiger partial charge in [-0.25, -0.2) is 4.98 Å². The lowest BCUT2D eigenvalue weighted by molar-refractivity contribution is 0.219. The van der Waals surface area contributed by atoms with Gasteiger partial charge in [-0.05, 0) is 44.7 Å². The zero-order valence-corrected chi connectivity index (χ0v) is 17.9. The molecule has 29 heavy (non-hydrogen) atoms. The minimum absolute atomic E-state index is 0. The van der Waals surface area contributed by atoms with Crippen LogP contribution < -0.4 is 16.4 Å². The predicted octanol–water partition coefficient (Wildman–Crippen LogP) is 4.22. The summed E-state index contributed by atoms with van der Waals surface area (Å²) in [6.07, 6.45) is 6.27. The predicted molar refractivity (Wildman–Crippen MR) is 122 cm³/mol. The molecule has 2 aliphatic rings. The van der Waals surface area contributed by atoms with Crippen molar-refractivity contribution in [2.45, 2.75) is 57.0 Å². The van der Waals surface area contributed by atoms with E-state index in [0.717, 1.165) is 22.4 Å². The van der Waals surface area contributed by atoms with Crippen LogP contribution in [0.15, 0.2) is 24.3 Å². The third-order valence-corrected chi connectivity index (χ3v) is 5.83. The van der Waals surface area contributed by atoms with Crippen LogP contribution in [-0.4, -0.2) is 32.2 Å². The van der Waals surface area contributed by atoms with Crippen LogP contribution in [0.3, 0.4) is 0 Å². The Bertz CT molecular complexity index is 978. The number of anilines is 3. The summed E-state index contributed by atoms with van der Waals surface area (Å²) in [6.45, 7) is 1.96. The number of nitrogens with two attached hydrogens (primary N) is 1. The van der Waals surface area contributed by atoms with Crippen LogP contribution in [0.2, 0.25) is 0 Å². The molecule has 0 aliphatic carbocycles. The van der Waals surface area contributed by atoms with E-state index in [2.05, 4.69) is 37.9 Å². The van der Waals surface area contributed by atoms with Crippen LogP contribution >= 0.6 is 24.8 Å². The average molecular weight is 436 g/mol. The summed E-state index contributed by atoms with van der Waals surface area (Å²) in [4.78, 5) is 9.44. The maximum absolute atomic E-state index is 6.19. The number of aryl methyl sites for hydroxylation is 1. The van der Waals surface area contributed by atoms with Crippen molar-refractivity contribution in [3.63, 3.8) is 0 Å². The first-order valence-electron chi connectivity index (χ1n) is 9.76. The number of fused-ring (bicyclic) bond motifs is 3. The molecule has 3 aromatic heterocycles. The molecule has 2 aliphatic heterocycles. The zero-order chi connectivity index (χ0) is 18.4. The minimum Gasteiger partial charge on any atom is -0.383 e. The van der Waals surface area contributed by atoms with Crippen molar-refractivity contribution in [1.29, 1.82) is 0 Å². The molecule has 7 nitrogen and oxygen atoms in total. The molecule has 156 valence electrons. The van der Waals surface area contributed by atoms with Crippen molar-refractivity contribution in [2.24, 2.45) is 0 Å². The molecule has 2 fully saturated rings. The van der Waals surface area contributed by atoms with E-state index < -0.39 is 0 Å². The molecular formula is C20H27Cl2N7. The molecule has 5 rings (SSSR count). The van der Waals surface area contributed by atoms with Gasteiger partial charge in [0.15, 0.2) is 5.82 Å². The fourth-order valence-electron chi connectivity index (χ4n) is 4.58. The minimum atomic E-state index is 0. The molecule has 0 aromatic carbocycles. The first-order valence-corrected chi connectivity index (χ1v) is 9.76. The number of aromatic nitrogens is 4. The van der Waals surface area contributed by atoms with Gasteiger partial charge in [-0.3, -0.25) is 10.1 Å². The van der Waals surface area contributed by atoms with Gasteiger partial charge in [-0.15, -0.1) is 24.8 Å². The van der Waals surface area contributed by atoms with Gasteiger partial charge in [0.1, 0.15) is 11.6 Å². The number of rotatable bonds is 3. The number of pyridine rings is 2. The molecule has 1 unspecified atom stereocenters. The van der Waals surface area contributed by atoms with Crippen molar-refractivity contribution in [1.82, 2.24) is 25.5 Å². The smallest absolute Gasteiger partial charge is 0.153 e. The standard InChI is InChI=1S/C20H25N7.2ClH/c1-11-7-19(27-26-11)24-18-10-17-15(20(21)25-18)5-6-16(23-17)12-8-13-3-2-4-14(9-12)22-13;;/h5-7,10,12-14,22H,2-4,8-9H2,1H3,(H4,21,24,25,26,27);2*1H/t12?,13-,14+;;. The Hall–Kier alpha value is -2.09. The lowest BCUT2D eigenvalue weighted by Crippen LogP contribution is -2.48. The number of nitrogens with zero attached hydrogens (tertiary/aromatic N) is 3. The first kappa shape index (κ1) is 21.6. The number of H-pyrrole nitrogens is 1. The van der Waals surface area contributed by atoms with E-state index in [1.165, 1.54) is 37.8 Å². The summed E-state index contributed by atoms with van der Waals surface area (Å²) >= 11 is 0. The zero-order valence-electron chi connectivity index (χ0n) is 16.3. The fraction of sp³-hybridized carbons (Fsp3) is 0.450. The Kier molecular flexibility index (Phi) is 6.51. The summed E-state index contributed by atoms with van der Waals surface area (Å²) in [5.41, 5.74) is 9.24. The van der Waals surface area contributed by atoms with Gasteiger partial charge in [0.05, 0.1) is 5.52 Å². The van der Waals surface area contributed by atoms with Crippen molar-refractivity contribution in [3.8, 4) is 0 Å². The van der Waals surface area contributed by atoms with E-state index in [0.29, 0.717) is 29.6 Å². The SMILES string of the molecule is Cc1cc(Nc2cc3nc(C4C[C@H]5CCC[C@@H](C4)N5)ccc3c(N)n2)n[nH]1.Cl.Cl. The Labute approximate surface area is 182 Å². The van der Waals surface area contributed by atoms with Gasteiger partial charge in [-0.1, -0.05) is 6.42 Å². The van der Waals surface area contributed by atoms with Crippen LogP contribution in [0.25, 0.3) is 10.9 Å². The molecule has 5 N–H and O–H groups in total. The number of aromatic amines is 1. The maximum atomic E-state index is 6.19. The third-order valence-electron chi connectivity index (χ3n) is 5.83. The lowest BCUT2D eigenvalue weighted by Gasteiger charge is -2.40. The molecule has 0 spiro atoms. The molecule has 0 amide bonds. The van der Waals surface area contributed by atoms with Crippen LogP contribution in [-0.2, 0) is 0 Å². The van der Waals surface area contributed by atoms with Gasteiger partial charge < -0.3 is 16.4 Å². The van der Waals surface area contributed by atoms with Crippen LogP contribution in [0.5, 0.6) is 0 Å². The van der Waals surface area contributed by atoms with Gasteiger partial charge in [0.25, 0.3) is 0 Å². The lowest BCUT2D eigenvalue weighted by atomic mass is 9.79. The summed E-state index contributed by atoms with van der Waals surface area (Å²) in [7, 11) is 0. The Balaban J connectivity index is 0.00000120. The van der Waals surface area contributed by atoms with E-state index in [1.807, 2.05) is 19.1 Å². The van der Waals surface area contributed by atoms with Crippen molar-refractivity contribution in [2.75, 3.05) is 11.1 Å². The number of nitrogen functional groups attached to an aromatic ring is 1. The van der Waals surface area contributed by atoms with Gasteiger partial charge in [-0.2, -0.15) is 5.10 Å². The second-order valence-electron chi connectivity index (χ2n) is 7.92. The summed E-state index contributed by atoms with van der Waals surface area (Å²) < 4.78 is 0. The molecule has 3 atom stereocenters. The maximum Gasteiger partial charge on any atom is 0.153 e. The van der Waals surface area contributed by atoms with Crippen molar-refractivity contribution >= 4 is 53.2 Å². The molecule has 0 saturated carbocycles. The van der Waals surface area contributed by atoms with Gasteiger partial charge in [0.2, 0.25) is 0 Å². The summed E-state index contributed by atoms with van der Waals surface area (Å²) in [6, 6.07) is 9.38. The van der Waals surface area contributed by atoms with Crippen LogP contribution in [0.4, 0.5) is 17.5 Å². The highest BCUT2D eigenvalue weighted by Crippen LogP contribution is 2.36. The van der Waals surface area contributed by atoms with E-state index in [-0.39, 0.29) is 24.8 Å². The largest absolute Gasteiger partial charge is 0.383 e. The fourth-order valence-corrected chi connectivity index (χ4v) is 4.58. The topological polar surface area (TPSA) is 105 Å². The highest BCUT2D eigenvalue weighted by atomic mass is 35.5. The van der Waals surface area contributed by atoms with E-state index >= 15 is 0 Å². The van der Waals surface area contributed by atoms with Crippen molar-refractivity contribution in [3.05, 3.63) is 35.7 Å². The van der Waals surface area contributed by atoms with Crippen molar-refractivity contribution < 1.29 is 0 Å². The van der Waals surface area contributed by atoms with E-state index in [1.54, 1.807) is 0 Å². The van der Waals surface area contributed by atoms with E-state index in [4.69, 9.17) is 10.7 Å². The summed E-state index contributed by atoms with van der Waals surface area (Å²) in [5.74, 6) is 2.40. The monoisotopic (exact) mass is 435 g/mol. The Morgan fingerprint density at radius 1 is 1.03 bits per heavy atom. The molecular weight excluding hydrogens is 409 g/mol. The number of halogens is 2. The quantitative estimate of drug-likeness (QED) is 0.490. The third kappa shape index (κ3) is 4.42. The number of piperidine rings is 2. The highest BCUT2D eigenvalue weighted by molar-refractivity contribution is 5.90. The Morgan fingerprint density at radius 3 is 2.48 bits per heavy atom. The second-order valence-corrected chi connectivity index (χ2v) is 7.92. The molecule has 2 saturated heterocycles. The first-order chi connectivity index (χ1) is 13.1. The molecule has 0 radical (unpaired) electrons. The average Bonchev–Trinajstić information content (AvgIpc) is 3.05. The number of hydrogen-bond acceptors (Lipinski definition) is 6. The second kappa shape index (κ2) is 8.73. The highest BCUT2D eigenvalue weighted by Gasteiger charge is 2.32. The molecule has 9 heteroatoms. The number of hydrogen-bond donors (Lipinski definition) is 4. The number of nitrogens with one attached hydrogen (secondary N) is 3. The van der Waals surface area contributed by atoms with Crippen LogP contribution in [0, 0.1) is 6.92 Å². The molecule has 2 bridgehead atoms. The van der Waals surface area contributed by atoms with Gasteiger partial charge >= 0.3 is 0 Å².